The molecule has 0 saturated carbocycles. The molecule has 0 atom stereocenters. The van der Waals surface area contributed by atoms with Crippen LogP contribution in [0.15, 0.2) is 30.3 Å². The summed E-state index contributed by atoms with van der Waals surface area (Å²) in [5.74, 6) is 0.823. The van der Waals surface area contributed by atoms with Crippen LogP contribution in [0.5, 0.6) is 0 Å². The number of aryl methyl sites for hydroxylation is 1. The number of aromatic nitrogens is 2. The van der Waals surface area contributed by atoms with Crippen LogP contribution < -0.4 is 10.8 Å². The first-order valence-corrected chi connectivity index (χ1v) is 6.22. The average molecular weight is 240 g/mol. The van der Waals surface area contributed by atoms with Crippen molar-refractivity contribution in [3.8, 4) is 11.1 Å². The molecule has 0 fully saturated rings. The number of benzene rings is 1. The highest BCUT2D eigenvalue weighted by molar-refractivity contribution is 5.65. The molecule has 2 N–H and O–H groups in total. The van der Waals surface area contributed by atoms with Crippen LogP contribution in [-0.2, 0) is 6.54 Å². The SMILES string of the molecule is Cc1nc2n(c(=N)c1-c1ccccc1)CCCN2. The van der Waals surface area contributed by atoms with Crippen LogP contribution in [0.1, 0.15) is 12.1 Å². The van der Waals surface area contributed by atoms with Crippen molar-refractivity contribution in [3.05, 3.63) is 41.5 Å². The molecule has 92 valence electrons. The summed E-state index contributed by atoms with van der Waals surface area (Å²) in [5, 5.41) is 11.6. The number of anilines is 1. The maximum Gasteiger partial charge on any atom is 0.204 e. The van der Waals surface area contributed by atoms with Crippen LogP contribution in [0.3, 0.4) is 0 Å². The van der Waals surface area contributed by atoms with E-state index in [9.17, 15) is 0 Å². The van der Waals surface area contributed by atoms with Crippen LogP contribution >= 0.6 is 0 Å². The van der Waals surface area contributed by atoms with Gasteiger partial charge in [-0.25, -0.2) is 4.98 Å². The Morgan fingerprint density at radius 1 is 1.28 bits per heavy atom. The summed E-state index contributed by atoms with van der Waals surface area (Å²) in [4.78, 5) is 4.58. The van der Waals surface area contributed by atoms with Crippen LogP contribution in [0.2, 0.25) is 0 Å². The predicted octanol–water partition coefficient (Wildman–Crippen LogP) is 2.15. The Morgan fingerprint density at radius 2 is 2.06 bits per heavy atom. The van der Waals surface area contributed by atoms with Gasteiger partial charge in [-0.15, -0.1) is 0 Å². The van der Waals surface area contributed by atoms with E-state index >= 15 is 0 Å². The van der Waals surface area contributed by atoms with Gasteiger partial charge in [-0.2, -0.15) is 0 Å². The molecule has 2 aromatic rings. The fourth-order valence-electron chi connectivity index (χ4n) is 2.43. The van der Waals surface area contributed by atoms with Crippen molar-refractivity contribution in [2.75, 3.05) is 11.9 Å². The number of hydrogen-bond donors (Lipinski definition) is 2. The number of fused-ring (bicyclic) bond motifs is 1. The van der Waals surface area contributed by atoms with Crippen molar-refractivity contribution >= 4 is 5.95 Å². The highest BCUT2D eigenvalue weighted by Crippen LogP contribution is 2.20. The van der Waals surface area contributed by atoms with Crippen molar-refractivity contribution in [3.63, 3.8) is 0 Å². The Hall–Kier alpha value is -2.10. The normalized spacial score (nSPS) is 13.8. The zero-order chi connectivity index (χ0) is 12.5. The molecule has 0 amide bonds. The van der Waals surface area contributed by atoms with Gasteiger partial charge in [-0.1, -0.05) is 30.3 Å². The second-order valence-electron chi connectivity index (χ2n) is 4.54. The average Bonchev–Trinajstić information content (AvgIpc) is 2.40. The van der Waals surface area contributed by atoms with E-state index in [1.807, 2.05) is 41.8 Å². The van der Waals surface area contributed by atoms with E-state index < -0.39 is 0 Å². The molecule has 0 unspecified atom stereocenters. The molecule has 1 aliphatic rings. The summed E-state index contributed by atoms with van der Waals surface area (Å²) < 4.78 is 1.96. The number of nitrogens with one attached hydrogen (secondary N) is 2. The van der Waals surface area contributed by atoms with Crippen LogP contribution in [-0.4, -0.2) is 16.1 Å². The molecule has 4 nitrogen and oxygen atoms in total. The third kappa shape index (κ3) is 1.70. The van der Waals surface area contributed by atoms with Crippen molar-refractivity contribution in [2.24, 2.45) is 0 Å². The Labute approximate surface area is 106 Å². The van der Waals surface area contributed by atoms with Crippen LogP contribution in [0, 0.1) is 12.3 Å². The van der Waals surface area contributed by atoms with E-state index in [-0.39, 0.29) is 0 Å². The van der Waals surface area contributed by atoms with Gasteiger partial charge in [0.15, 0.2) is 0 Å². The minimum Gasteiger partial charge on any atom is -0.356 e. The predicted molar refractivity (Wildman–Crippen MR) is 71.4 cm³/mol. The topological polar surface area (TPSA) is 53.7 Å². The molecular weight excluding hydrogens is 224 g/mol. The summed E-state index contributed by atoms with van der Waals surface area (Å²) in [6.07, 6.45) is 1.04. The van der Waals surface area contributed by atoms with Gasteiger partial charge >= 0.3 is 0 Å². The van der Waals surface area contributed by atoms with Gasteiger partial charge in [0.05, 0.1) is 5.69 Å². The first kappa shape index (κ1) is 11.0. The lowest BCUT2D eigenvalue weighted by Gasteiger charge is -2.22. The minimum atomic E-state index is 0.552. The zero-order valence-corrected chi connectivity index (χ0v) is 10.4. The largest absolute Gasteiger partial charge is 0.356 e. The first-order valence-electron chi connectivity index (χ1n) is 6.22. The lowest BCUT2D eigenvalue weighted by molar-refractivity contribution is 0.583. The van der Waals surface area contributed by atoms with Gasteiger partial charge in [0.25, 0.3) is 0 Å². The molecule has 4 heteroatoms. The van der Waals surface area contributed by atoms with Crippen LogP contribution in [0.25, 0.3) is 11.1 Å². The van der Waals surface area contributed by atoms with Gasteiger partial charge in [-0.05, 0) is 18.9 Å². The number of nitrogens with zero attached hydrogens (tertiary/aromatic N) is 2. The molecule has 18 heavy (non-hydrogen) atoms. The minimum absolute atomic E-state index is 0.552. The molecule has 0 bridgehead atoms. The van der Waals surface area contributed by atoms with E-state index in [0.717, 1.165) is 42.3 Å². The van der Waals surface area contributed by atoms with E-state index in [2.05, 4.69) is 10.3 Å². The van der Waals surface area contributed by atoms with E-state index in [0.29, 0.717) is 5.49 Å². The Balaban J connectivity index is 2.25. The second kappa shape index (κ2) is 4.29. The van der Waals surface area contributed by atoms with Crippen LogP contribution in [0.4, 0.5) is 5.95 Å². The summed E-state index contributed by atoms with van der Waals surface area (Å²) in [5.41, 5.74) is 3.46. The lowest BCUT2D eigenvalue weighted by atomic mass is 10.1. The summed E-state index contributed by atoms with van der Waals surface area (Å²) >= 11 is 0. The van der Waals surface area contributed by atoms with Gasteiger partial charge in [-0.3, -0.25) is 9.98 Å². The lowest BCUT2D eigenvalue weighted by Crippen LogP contribution is -2.32. The third-order valence-electron chi connectivity index (χ3n) is 3.30. The van der Waals surface area contributed by atoms with Gasteiger partial charge in [0.1, 0.15) is 5.49 Å². The molecule has 0 radical (unpaired) electrons. The fraction of sp³-hybridized carbons (Fsp3) is 0.286. The zero-order valence-electron chi connectivity index (χ0n) is 10.4. The van der Waals surface area contributed by atoms with Crippen molar-refractivity contribution in [1.82, 2.24) is 9.55 Å². The first-order chi connectivity index (χ1) is 8.77. The van der Waals surface area contributed by atoms with Gasteiger partial charge in [0.2, 0.25) is 5.95 Å². The van der Waals surface area contributed by atoms with Gasteiger partial charge in [0, 0.05) is 18.7 Å². The molecule has 3 rings (SSSR count). The Kier molecular flexibility index (Phi) is 2.63. The maximum atomic E-state index is 8.39. The number of rotatable bonds is 1. The molecule has 1 aromatic heterocycles. The molecule has 0 aliphatic carbocycles. The van der Waals surface area contributed by atoms with Crippen molar-refractivity contribution < 1.29 is 0 Å². The third-order valence-corrected chi connectivity index (χ3v) is 3.30. The monoisotopic (exact) mass is 240 g/mol. The molecule has 0 spiro atoms. The molecule has 0 saturated heterocycles. The molecule has 1 aliphatic heterocycles. The standard InChI is InChI=1S/C14H16N4/c1-10-12(11-6-3-2-4-7-11)13(15)18-9-5-8-16-14(18)17-10/h2-4,6-7,15H,5,8-9H2,1H3,(H,16,17). The van der Waals surface area contributed by atoms with E-state index in [1.165, 1.54) is 0 Å². The molecular formula is C14H16N4. The Morgan fingerprint density at radius 3 is 2.83 bits per heavy atom. The fourth-order valence-corrected chi connectivity index (χ4v) is 2.43. The second-order valence-corrected chi connectivity index (χ2v) is 4.54. The molecule has 1 aromatic carbocycles. The number of hydrogen-bond acceptors (Lipinski definition) is 3. The van der Waals surface area contributed by atoms with Crippen molar-refractivity contribution in [1.29, 1.82) is 5.41 Å². The van der Waals surface area contributed by atoms with Gasteiger partial charge < -0.3 is 5.32 Å². The highest BCUT2D eigenvalue weighted by Gasteiger charge is 2.15. The summed E-state index contributed by atoms with van der Waals surface area (Å²) in [6.45, 7) is 3.78. The smallest absolute Gasteiger partial charge is 0.204 e. The molecule has 2 heterocycles. The Bertz CT molecular complexity index is 628. The van der Waals surface area contributed by atoms with E-state index in [1.54, 1.807) is 0 Å². The maximum absolute atomic E-state index is 8.39. The summed E-state index contributed by atoms with van der Waals surface area (Å²) in [6, 6.07) is 10.0. The van der Waals surface area contributed by atoms with Crippen molar-refractivity contribution in [2.45, 2.75) is 19.9 Å². The van der Waals surface area contributed by atoms with E-state index in [4.69, 9.17) is 5.41 Å². The highest BCUT2D eigenvalue weighted by atomic mass is 15.2. The summed E-state index contributed by atoms with van der Waals surface area (Å²) in [7, 11) is 0. The quantitative estimate of drug-likeness (QED) is 0.802.